The molecule has 1 saturated heterocycles. The van der Waals surface area contributed by atoms with Crippen LogP contribution < -0.4 is 9.47 Å². The van der Waals surface area contributed by atoms with Crippen molar-refractivity contribution in [3.05, 3.63) is 59.7 Å². The fraction of sp³-hybridized carbons (Fsp3) is 0.480. The predicted octanol–water partition coefficient (Wildman–Crippen LogP) is 4.03. The second kappa shape index (κ2) is 8.31. The van der Waals surface area contributed by atoms with Crippen molar-refractivity contribution in [3.8, 4) is 11.5 Å². The van der Waals surface area contributed by atoms with Gasteiger partial charge in [-0.1, -0.05) is 43.3 Å². The average molecular weight is 407 g/mol. The van der Waals surface area contributed by atoms with E-state index in [-0.39, 0.29) is 12.7 Å². The van der Waals surface area contributed by atoms with E-state index < -0.39 is 0 Å². The molecule has 1 saturated carbocycles. The Morgan fingerprint density at radius 1 is 1.13 bits per heavy atom. The second-order valence-corrected chi connectivity index (χ2v) is 8.69. The maximum atomic E-state index is 13.6. The lowest BCUT2D eigenvalue weighted by molar-refractivity contribution is -0.134. The van der Waals surface area contributed by atoms with Crippen molar-refractivity contribution in [1.82, 2.24) is 9.80 Å². The van der Waals surface area contributed by atoms with Gasteiger partial charge in [-0.3, -0.25) is 9.69 Å². The maximum absolute atomic E-state index is 13.6. The molecule has 1 aliphatic carbocycles. The van der Waals surface area contributed by atoms with Crippen LogP contribution in [0.1, 0.15) is 43.2 Å². The first-order valence-corrected chi connectivity index (χ1v) is 11.2. The number of fused-ring (bicyclic) bond motifs is 1. The highest BCUT2D eigenvalue weighted by atomic mass is 16.7. The summed E-state index contributed by atoms with van der Waals surface area (Å²) in [5.74, 6) is 2.34. The Morgan fingerprint density at radius 3 is 2.80 bits per heavy atom. The van der Waals surface area contributed by atoms with Gasteiger partial charge in [-0.15, -0.1) is 0 Å². The summed E-state index contributed by atoms with van der Waals surface area (Å²) in [5.41, 5.74) is 2.39. The number of hydrogen-bond acceptors (Lipinski definition) is 4. The van der Waals surface area contributed by atoms with E-state index in [1.807, 2.05) is 18.2 Å². The minimum absolute atomic E-state index is 0.109. The molecule has 0 unspecified atom stereocenters. The molecule has 1 amide bonds. The summed E-state index contributed by atoms with van der Waals surface area (Å²) >= 11 is 0. The average Bonchev–Trinajstić information content (AvgIpc) is 3.22. The van der Waals surface area contributed by atoms with Gasteiger partial charge in [0.2, 0.25) is 12.7 Å². The van der Waals surface area contributed by atoms with Gasteiger partial charge >= 0.3 is 0 Å². The number of nitrogens with zero attached hydrogens (tertiary/aromatic N) is 2. The molecule has 3 atom stereocenters. The molecule has 0 spiro atoms. The van der Waals surface area contributed by atoms with Crippen molar-refractivity contribution in [2.24, 2.45) is 5.92 Å². The number of likely N-dealkylation sites (N-methyl/N-ethyl adjacent to an activating group) is 1. The first-order valence-electron chi connectivity index (χ1n) is 11.2. The van der Waals surface area contributed by atoms with E-state index in [0.29, 0.717) is 24.4 Å². The Bertz CT molecular complexity index is 901. The predicted molar refractivity (Wildman–Crippen MR) is 116 cm³/mol. The highest BCUT2D eigenvalue weighted by Gasteiger charge is 2.46. The number of hydrogen-bond donors (Lipinski definition) is 0. The number of benzene rings is 2. The molecule has 2 aliphatic heterocycles. The molecule has 0 bridgehead atoms. The van der Waals surface area contributed by atoms with Crippen molar-refractivity contribution in [1.29, 1.82) is 0 Å². The zero-order chi connectivity index (χ0) is 20.5. The highest BCUT2D eigenvalue weighted by molar-refractivity contribution is 5.83. The van der Waals surface area contributed by atoms with Crippen LogP contribution in [0.4, 0.5) is 0 Å². The van der Waals surface area contributed by atoms with Gasteiger partial charge in [-0.25, -0.2) is 0 Å². The van der Waals surface area contributed by atoms with Crippen molar-refractivity contribution >= 4 is 5.91 Å². The van der Waals surface area contributed by atoms with Crippen LogP contribution in [0, 0.1) is 5.92 Å². The molecule has 5 heteroatoms. The Kier molecular flexibility index (Phi) is 5.38. The van der Waals surface area contributed by atoms with Crippen LogP contribution in [-0.4, -0.2) is 48.2 Å². The van der Waals surface area contributed by atoms with Gasteiger partial charge in [-0.2, -0.15) is 0 Å². The summed E-state index contributed by atoms with van der Waals surface area (Å²) in [6.45, 7) is 6.11. The Labute approximate surface area is 178 Å². The molecule has 2 aromatic carbocycles. The number of ether oxygens (including phenoxy) is 2. The first kappa shape index (κ1) is 19.4. The monoisotopic (exact) mass is 406 g/mol. The Hall–Kier alpha value is -2.53. The zero-order valence-corrected chi connectivity index (χ0v) is 17.6. The van der Waals surface area contributed by atoms with E-state index in [1.165, 1.54) is 18.4 Å². The Morgan fingerprint density at radius 2 is 1.97 bits per heavy atom. The molecule has 0 aromatic heterocycles. The van der Waals surface area contributed by atoms with Crippen molar-refractivity contribution in [3.63, 3.8) is 0 Å². The highest BCUT2D eigenvalue weighted by Crippen LogP contribution is 2.48. The molecule has 0 radical (unpaired) electrons. The topological polar surface area (TPSA) is 42.0 Å². The minimum atomic E-state index is 0.109. The van der Waals surface area contributed by atoms with E-state index in [0.717, 1.165) is 43.1 Å². The lowest BCUT2D eigenvalue weighted by Gasteiger charge is -2.31. The van der Waals surface area contributed by atoms with Crippen molar-refractivity contribution in [2.45, 2.75) is 44.7 Å². The van der Waals surface area contributed by atoms with E-state index in [2.05, 4.69) is 47.1 Å². The largest absolute Gasteiger partial charge is 0.454 e. The van der Waals surface area contributed by atoms with Gasteiger partial charge < -0.3 is 14.4 Å². The number of carbonyl (C=O) groups excluding carboxylic acids is 1. The molecular formula is C25H30N2O3. The minimum Gasteiger partial charge on any atom is -0.454 e. The second-order valence-electron chi connectivity index (χ2n) is 8.69. The van der Waals surface area contributed by atoms with E-state index >= 15 is 0 Å². The number of likely N-dealkylation sites (tertiary alicyclic amines) is 1. The summed E-state index contributed by atoms with van der Waals surface area (Å²) < 4.78 is 11.0. The molecule has 2 aromatic rings. The van der Waals surface area contributed by atoms with Crippen LogP contribution in [0.5, 0.6) is 11.5 Å². The van der Waals surface area contributed by atoms with Crippen LogP contribution in [0.3, 0.4) is 0 Å². The lowest BCUT2D eigenvalue weighted by atomic mass is 10.1. The normalized spacial score (nSPS) is 24.8. The number of rotatable bonds is 7. The number of carbonyl (C=O) groups is 1. The molecule has 158 valence electrons. The quantitative estimate of drug-likeness (QED) is 0.696. The van der Waals surface area contributed by atoms with Gasteiger partial charge in [0.1, 0.15) is 0 Å². The SMILES string of the molecule is CCN1CCC[C@@H]1CN(Cc1ccc2c(c1)OCO2)C(=O)[C@@H]1C[C@H]1c1ccccc1. The molecule has 5 nitrogen and oxygen atoms in total. The molecule has 2 heterocycles. The summed E-state index contributed by atoms with van der Waals surface area (Å²) in [4.78, 5) is 18.2. The van der Waals surface area contributed by atoms with Gasteiger partial charge in [0, 0.05) is 25.0 Å². The van der Waals surface area contributed by atoms with E-state index in [4.69, 9.17) is 9.47 Å². The van der Waals surface area contributed by atoms with Crippen molar-refractivity contribution < 1.29 is 14.3 Å². The summed E-state index contributed by atoms with van der Waals surface area (Å²) in [6, 6.07) is 17.0. The lowest BCUT2D eigenvalue weighted by Crippen LogP contribution is -2.43. The van der Waals surface area contributed by atoms with Gasteiger partial charge in [-0.05, 0) is 61.5 Å². The summed E-state index contributed by atoms with van der Waals surface area (Å²) in [5, 5.41) is 0. The first-order chi connectivity index (χ1) is 14.7. The van der Waals surface area contributed by atoms with Crippen molar-refractivity contribution in [2.75, 3.05) is 26.4 Å². The van der Waals surface area contributed by atoms with Crippen LogP contribution in [-0.2, 0) is 11.3 Å². The molecule has 30 heavy (non-hydrogen) atoms. The van der Waals surface area contributed by atoms with Gasteiger partial charge in [0.25, 0.3) is 0 Å². The third kappa shape index (κ3) is 3.91. The van der Waals surface area contributed by atoms with E-state index in [9.17, 15) is 4.79 Å². The smallest absolute Gasteiger partial charge is 0.231 e. The Balaban J connectivity index is 1.33. The fourth-order valence-corrected chi connectivity index (χ4v) is 5.04. The van der Waals surface area contributed by atoms with Crippen LogP contribution >= 0.6 is 0 Å². The third-order valence-corrected chi connectivity index (χ3v) is 6.79. The fourth-order valence-electron chi connectivity index (χ4n) is 5.04. The number of amides is 1. The van der Waals surface area contributed by atoms with Gasteiger partial charge in [0.05, 0.1) is 0 Å². The maximum Gasteiger partial charge on any atom is 0.231 e. The van der Waals surface area contributed by atoms with Gasteiger partial charge in [0.15, 0.2) is 11.5 Å². The molecule has 0 N–H and O–H groups in total. The van der Waals surface area contributed by atoms with Crippen LogP contribution in [0.25, 0.3) is 0 Å². The zero-order valence-electron chi connectivity index (χ0n) is 17.6. The summed E-state index contributed by atoms with van der Waals surface area (Å²) in [6.07, 6.45) is 3.36. The van der Waals surface area contributed by atoms with E-state index in [1.54, 1.807) is 0 Å². The molecule has 5 rings (SSSR count). The molecular weight excluding hydrogens is 376 g/mol. The molecule has 3 aliphatic rings. The molecule has 2 fully saturated rings. The van der Waals surface area contributed by atoms with Crippen LogP contribution in [0.15, 0.2) is 48.5 Å². The summed E-state index contributed by atoms with van der Waals surface area (Å²) in [7, 11) is 0. The standard InChI is InChI=1S/C25H30N2O3/c1-2-26-12-6-9-20(26)16-27(15-18-10-11-23-24(13-18)30-17-29-23)25(28)22-14-21(22)19-7-4-3-5-8-19/h3-5,7-8,10-11,13,20-22H,2,6,9,12,14-17H2,1H3/t20-,21+,22-/m1/s1. The van der Waals surface area contributed by atoms with Crippen LogP contribution in [0.2, 0.25) is 0 Å². The third-order valence-electron chi connectivity index (χ3n) is 6.79.